The maximum absolute atomic E-state index is 12.0. The number of hydrogen-bond acceptors (Lipinski definition) is 6. The number of carbonyl (C=O) groups excluding carboxylic acids is 3. The summed E-state index contributed by atoms with van der Waals surface area (Å²) in [7, 11) is 0. The second-order valence-electron chi connectivity index (χ2n) is 4.53. The summed E-state index contributed by atoms with van der Waals surface area (Å²) in [6.07, 6.45) is 0. The summed E-state index contributed by atoms with van der Waals surface area (Å²) in [5, 5.41) is 9.17. The van der Waals surface area contributed by atoms with Crippen molar-refractivity contribution >= 4 is 45.4 Å². The molecule has 1 aliphatic heterocycles. The van der Waals surface area contributed by atoms with Crippen LogP contribution in [0.15, 0.2) is 24.3 Å². The van der Waals surface area contributed by atoms with Crippen molar-refractivity contribution in [3.05, 3.63) is 29.3 Å². The number of nitrogens with zero attached hydrogens (tertiary/aromatic N) is 3. The van der Waals surface area contributed by atoms with E-state index in [-0.39, 0.29) is 6.54 Å². The Hall–Kier alpha value is -2.81. The minimum Gasteiger partial charge on any atom is -0.480 e. The zero-order chi connectivity index (χ0) is 15.9. The van der Waals surface area contributed by atoms with E-state index in [1.807, 2.05) is 18.2 Å². The lowest BCUT2D eigenvalue weighted by Gasteiger charge is -2.12. The average molecular weight is 319 g/mol. The number of amides is 4. The molecule has 2 heterocycles. The molecule has 0 saturated carbocycles. The largest absolute Gasteiger partial charge is 0.480 e. The third-order valence-electron chi connectivity index (χ3n) is 3.06. The molecule has 1 N–H and O–H groups in total. The highest BCUT2D eigenvalue weighted by atomic mass is 32.1. The van der Waals surface area contributed by atoms with E-state index in [1.54, 1.807) is 6.07 Å². The van der Waals surface area contributed by atoms with Gasteiger partial charge < -0.3 is 5.11 Å². The van der Waals surface area contributed by atoms with E-state index >= 15 is 0 Å². The van der Waals surface area contributed by atoms with Crippen LogP contribution in [0.5, 0.6) is 0 Å². The lowest BCUT2D eigenvalue weighted by Crippen LogP contribution is -2.36. The molecule has 112 valence electrons. The van der Waals surface area contributed by atoms with Crippen molar-refractivity contribution in [2.75, 3.05) is 6.54 Å². The average Bonchev–Trinajstić information content (AvgIpc) is 2.97. The number of hydrogen-bond donors (Lipinski definition) is 1. The van der Waals surface area contributed by atoms with Crippen molar-refractivity contribution < 1.29 is 24.3 Å². The zero-order valence-electron chi connectivity index (χ0n) is 11.1. The molecule has 22 heavy (non-hydrogen) atoms. The van der Waals surface area contributed by atoms with E-state index in [2.05, 4.69) is 4.98 Å². The monoisotopic (exact) mass is 319 g/mol. The van der Waals surface area contributed by atoms with Gasteiger partial charge in [-0.25, -0.2) is 19.6 Å². The number of urea groups is 1. The van der Waals surface area contributed by atoms with Gasteiger partial charge in [0, 0.05) is 0 Å². The van der Waals surface area contributed by atoms with Gasteiger partial charge >= 0.3 is 23.8 Å². The third kappa shape index (κ3) is 2.31. The van der Waals surface area contributed by atoms with Gasteiger partial charge in [-0.3, -0.25) is 14.4 Å². The maximum Gasteiger partial charge on any atom is 0.335 e. The van der Waals surface area contributed by atoms with E-state index in [4.69, 9.17) is 5.11 Å². The summed E-state index contributed by atoms with van der Waals surface area (Å²) < 4.78 is 0.894. The molecule has 1 aromatic carbocycles. The number of imide groups is 2. The molecule has 0 unspecified atom stereocenters. The number of rotatable bonds is 4. The Kier molecular flexibility index (Phi) is 3.33. The van der Waals surface area contributed by atoms with E-state index < -0.39 is 30.4 Å². The number of carboxylic acid groups (broad SMARTS) is 1. The number of thiazole rings is 1. The van der Waals surface area contributed by atoms with Gasteiger partial charge in [-0.05, 0) is 12.1 Å². The molecule has 9 heteroatoms. The molecular formula is C13H9N3O5S. The molecule has 0 radical (unpaired) electrons. The topological polar surface area (TPSA) is 108 Å². The maximum atomic E-state index is 12.0. The van der Waals surface area contributed by atoms with Crippen LogP contribution in [0.1, 0.15) is 5.01 Å². The lowest BCUT2D eigenvalue weighted by atomic mass is 10.3. The predicted molar refractivity (Wildman–Crippen MR) is 74.9 cm³/mol. The molecule has 0 spiro atoms. The molecule has 0 bridgehead atoms. The molecule has 1 saturated heterocycles. The van der Waals surface area contributed by atoms with Crippen LogP contribution in [0.25, 0.3) is 10.2 Å². The van der Waals surface area contributed by atoms with Crippen molar-refractivity contribution in [1.82, 2.24) is 14.8 Å². The van der Waals surface area contributed by atoms with Crippen LogP contribution in [-0.2, 0) is 20.9 Å². The van der Waals surface area contributed by atoms with Crippen molar-refractivity contribution in [3.63, 3.8) is 0 Å². The van der Waals surface area contributed by atoms with E-state index in [0.717, 1.165) is 10.2 Å². The van der Waals surface area contributed by atoms with Crippen molar-refractivity contribution in [3.8, 4) is 0 Å². The quantitative estimate of drug-likeness (QED) is 0.655. The Bertz CT molecular complexity index is 782. The minimum atomic E-state index is -1.36. The fourth-order valence-corrected chi connectivity index (χ4v) is 3.04. The fourth-order valence-electron chi connectivity index (χ4n) is 2.09. The number of fused-ring (bicyclic) bond motifs is 1. The van der Waals surface area contributed by atoms with Crippen LogP contribution in [0.2, 0.25) is 0 Å². The number of carboxylic acids is 1. The van der Waals surface area contributed by atoms with Crippen LogP contribution in [-0.4, -0.2) is 50.2 Å². The number of para-hydroxylation sites is 1. The molecule has 0 atom stereocenters. The first-order valence-electron chi connectivity index (χ1n) is 6.21. The molecule has 1 fully saturated rings. The second kappa shape index (κ2) is 5.19. The zero-order valence-corrected chi connectivity index (χ0v) is 11.9. The SMILES string of the molecule is O=C(O)CN1C(=O)C(=O)N(Cc2nc3ccccc3s2)C1=O. The lowest BCUT2D eigenvalue weighted by molar-refractivity contribution is -0.146. The Morgan fingerprint density at radius 3 is 2.50 bits per heavy atom. The summed E-state index contributed by atoms with van der Waals surface area (Å²) in [6, 6.07) is 6.37. The van der Waals surface area contributed by atoms with Gasteiger partial charge in [0.1, 0.15) is 11.6 Å². The van der Waals surface area contributed by atoms with Crippen LogP contribution in [0.4, 0.5) is 4.79 Å². The van der Waals surface area contributed by atoms with Gasteiger partial charge in [0.15, 0.2) is 0 Å². The van der Waals surface area contributed by atoms with Crippen LogP contribution < -0.4 is 0 Å². The van der Waals surface area contributed by atoms with Crippen molar-refractivity contribution in [1.29, 1.82) is 0 Å². The molecule has 2 aromatic rings. The summed E-state index contributed by atoms with van der Waals surface area (Å²) in [5.74, 6) is -3.53. The Balaban J connectivity index is 1.85. The minimum absolute atomic E-state index is 0.154. The molecule has 3 rings (SSSR count). The molecule has 4 amide bonds. The van der Waals surface area contributed by atoms with Gasteiger partial charge in [0.05, 0.1) is 16.8 Å². The van der Waals surface area contributed by atoms with Crippen LogP contribution >= 0.6 is 11.3 Å². The highest BCUT2D eigenvalue weighted by Crippen LogP contribution is 2.24. The van der Waals surface area contributed by atoms with E-state index in [9.17, 15) is 19.2 Å². The van der Waals surface area contributed by atoms with Gasteiger partial charge in [-0.15, -0.1) is 11.3 Å². The Morgan fingerprint density at radius 1 is 1.14 bits per heavy atom. The second-order valence-corrected chi connectivity index (χ2v) is 5.65. The first-order chi connectivity index (χ1) is 10.5. The van der Waals surface area contributed by atoms with E-state index in [1.165, 1.54) is 11.3 Å². The van der Waals surface area contributed by atoms with Crippen LogP contribution in [0, 0.1) is 0 Å². The number of benzene rings is 1. The van der Waals surface area contributed by atoms with Gasteiger partial charge in [0.2, 0.25) is 0 Å². The summed E-state index contributed by atoms with van der Waals surface area (Å²) in [4.78, 5) is 51.5. The normalized spacial score (nSPS) is 15.2. The van der Waals surface area contributed by atoms with Crippen molar-refractivity contribution in [2.24, 2.45) is 0 Å². The molecule has 0 aliphatic carbocycles. The first kappa shape index (κ1) is 14.1. The first-order valence-corrected chi connectivity index (χ1v) is 7.02. The summed E-state index contributed by atoms with van der Waals surface area (Å²) >= 11 is 1.30. The van der Waals surface area contributed by atoms with Gasteiger partial charge in [0.25, 0.3) is 0 Å². The smallest absolute Gasteiger partial charge is 0.335 e. The number of aromatic nitrogens is 1. The summed E-state index contributed by atoms with van der Waals surface area (Å²) in [6.45, 7) is -0.987. The molecule has 1 aliphatic rings. The van der Waals surface area contributed by atoms with Gasteiger partial charge in [-0.1, -0.05) is 12.1 Å². The summed E-state index contributed by atoms with van der Waals surface area (Å²) in [5.41, 5.74) is 0.732. The fraction of sp³-hybridized carbons (Fsp3) is 0.154. The van der Waals surface area contributed by atoms with Gasteiger partial charge in [-0.2, -0.15) is 0 Å². The van der Waals surface area contributed by atoms with E-state index in [0.29, 0.717) is 14.8 Å². The highest BCUT2D eigenvalue weighted by Gasteiger charge is 2.45. The predicted octanol–water partition coefficient (Wildman–Crippen LogP) is 0.672. The van der Waals surface area contributed by atoms with Crippen LogP contribution in [0.3, 0.4) is 0 Å². The number of aliphatic carboxylic acids is 1. The van der Waals surface area contributed by atoms with Crippen molar-refractivity contribution in [2.45, 2.75) is 6.54 Å². The standard InChI is InChI=1S/C13H9N3O5S/c17-10(18)6-16-12(20)11(19)15(13(16)21)5-9-14-7-3-1-2-4-8(7)22-9/h1-4H,5-6H2,(H,17,18). The molecule has 8 nitrogen and oxygen atoms in total. The number of carbonyl (C=O) groups is 4. The Morgan fingerprint density at radius 2 is 1.82 bits per heavy atom. The Labute approximate surface area is 127 Å². The third-order valence-corrected chi connectivity index (χ3v) is 4.08. The molecule has 1 aromatic heterocycles. The highest BCUT2D eigenvalue weighted by molar-refractivity contribution is 7.18. The molecular weight excluding hydrogens is 310 g/mol.